The van der Waals surface area contributed by atoms with Crippen molar-refractivity contribution in [3.8, 4) is 11.5 Å². The molecule has 0 saturated carbocycles. The van der Waals surface area contributed by atoms with Crippen LogP contribution >= 0.6 is 0 Å². The lowest BCUT2D eigenvalue weighted by Gasteiger charge is -2.36. The molecule has 1 atom stereocenters. The lowest BCUT2D eigenvalue weighted by atomic mass is 9.95. The molecule has 2 aromatic rings. The SMILES string of the molecule is COc1ccccc1OCC(=O)NCC(c1ccc2c(c1)CCCN2C)N1CCCCC1. The molecule has 2 heterocycles. The highest BCUT2D eigenvalue weighted by molar-refractivity contribution is 5.77. The van der Waals surface area contributed by atoms with Crippen LogP contribution in [0.5, 0.6) is 11.5 Å². The zero-order chi connectivity index (χ0) is 22.3. The smallest absolute Gasteiger partial charge is 0.258 e. The van der Waals surface area contributed by atoms with E-state index in [2.05, 4.69) is 40.4 Å². The van der Waals surface area contributed by atoms with Gasteiger partial charge in [-0.3, -0.25) is 9.69 Å². The number of para-hydroxylation sites is 2. The van der Waals surface area contributed by atoms with E-state index in [1.54, 1.807) is 7.11 Å². The lowest BCUT2D eigenvalue weighted by molar-refractivity contribution is -0.123. The quantitative estimate of drug-likeness (QED) is 0.681. The molecule has 0 aliphatic carbocycles. The Balaban J connectivity index is 1.42. The molecule has 1 fully saturated rings. The van der Waals surface area contributed by atoms with Gasteiger partial charge >= 0.3 is 0 Å². The monoisotopic (exact) mass is 437 g/mol. The molecule has 0 aromatic heterocycles. The molecule has 0 spiro atoms. The molecule has 2 aliphatic heterocycles. The third-order valence-electron chi connectivity index (χ3n) is 6.59. The largest absolute Gasteiger partial charge is 0.493 e. The summed E-state index contributed by atoms with van der Waals surface area (Å²) in [6, 6.07) is 14.4. The maximum absolute atomic E-state index is 12.6. The van der Waals surface area contributed by atoms with Crippen molar-refractivity contribution in [2.24, 2.45) is 0 Å². The molecular weight excluding hydrogens is 402 g/mol. The number of piperidine rings is 1. The van der Waals surface area contributed by atoms with Crippen LogP contribution < -0.4 is 19.7 Å². The summed E-state index contributed by atoms with van der Waals surface area (Å²) in [5, 5.41) is 3.12. The predicted molar refractivity (Wildman–Crippen MR) is 128 cm³/mol. The number of benzene rings is 2. The van der Waals surface area contributed by atoms with Gasteiger partial charge < -0.3 is 19.7 Å². The number of nitrogens with zero attached hydrogens (tertiary/aromatic N) is 2. The van der Waals surface area contributed by atoms with Crippen LogP contribution in [-0.4, -0.2) is 57.8 Å². The highest BCUT2D eigenvalue weighted by atomic mass is 16.5. The Morgan fingerprint density at radius 3 is 2.59 bits per heavy atom. The second kappa shape index (κ2) is 10.7. The zero-order valence-corrected chi connectivity index (χ0v) is 19.3. The number of fused-ring (bicyclic) bond motifs is 1. The number of anilines is 1. The second-order valence-corrected chi connectivity index (χ2v) is 8.77. The summed E-state index contributed by atoms with van der Waals surface area (Å²) in [4.78, 5) is 17.5. The number of carbonyl (C=O) groups is 1. The molecule has 6 nitrogen and oxygen atoms in total. The minimum absolute atomic E-state index is 0.0257. The first kappa shape index (κ1) is 22.5. The standard InChI is InChI=1S/C26H35N3O3/c1-28-14-8-9-20-17-21(12-13-22(20)28)23(29-15-6-3-7-16-29)18-27-26(30)19-32-25-11-5-4-10-24(25)31-2/h4-5,10-13,17,23H,3,6-9,14-16,18-19H2,1-2H3,(H,27,30). The van der Waals surface area contributed by atoms with E-state index >= 15 is 0 Å². The Morgan fingerprint density at radius 1 is 1.03 bits per heavy atom. The molecule has 32 heavy (non-hydrogen) atoms. The molecule has 1 amide bonds. The van der Waals surface area contributed by atoms with Crippen molar-refractivity contribution in [1.29, 1.82) is 0 Å². The van der Waals surface area contributed by atoms with Gasteiger partial charge in [-0.15, -0.1) is 0 Å². The van der Waals surface area contributed by atoms with Gasteiger partial charge in [0.1, 0.15) is 0 Å². The summed E-state index contributed by atoms with van der Waals surface area (Å²) >= 11 is 0. The minimum Gasteiger partial charge on any atom is -0.493 e. The number of ether oxygens (including phenoxy) is 2. The topological polar surface area (TPSA) is 54.0 Å². The lowest BCUT2D eigenvalue weighted by Crippen LogP contribution is -2.41. The van der Waals surface area contributed by atoms with Crippen LogP contribution in [0.3, 0.4) is 0 Å². The van der Waals surface area contributed by atoms with E-state index in [0.29, 0.717) is 18.0 Å². The normalized spacial score (nSPS) is 17.4. The van der Waals surface area contributed by atoms with Crippen molar-refractivity contribution in [2.75, 3.05) is 51.8 Å². The van der Waals surface area contributed by atoms with E-state index in [9.17, 15) is 4.79 Å². The zero-order valence-electron chi connectivity index (χ0n) is 19.3. The van der Waals surface area contributed by atoms with Crippen molar-refractivity contribution in [2.45, 2.75) is 38.1 Å². The average Bonchev–Trinajstić information content (AvgIpc) is 2.84. The highest BCUT2D eigenvalue weighted by Gasteiger charge is 2.25. The van der Waals surface area contributed by atoms with Gasteiger partial charge in [0, 0.05) is 25.8 Å². The van der Waals surface area contributed by atoms with Crippen LogP contribution in [0, 0.1) is 0 Å². The van der Waals surface area contributed by atoms with Gasteiger partial charge in [0.05, 0.1) is 13.2 Å². The molecule has 0 bridgehead atoms. The van der Waals surface area contributed by atoms with E-state index in [1.807, 2.05) is 24.3 Å². The number of amides is 1. The van der Waals surface area contributed by atoms with Crippen LogP contribution in [0.2, 0.25) is 0 Å². The first-order chi connectivity index (χ1) is 15.7. The molecule has 0 radical (unpaired) electrons. The summed E-state index contributed by atoms with van der Waals surface area (Å²) in [6.07, 6.45) is 6.04. The van der Waals surface area contributed by atoms with Gasteiger partial charge in [-0.25, -0.2) is 0 Å². The van der Waals surface area contributed by atoms with Crippen molar-refractivity contribution in [1.82, 2.24) is 10.2 Å². The Morgan fingerprint density at radius 2 is 1.81 bits per heavy atom. The Kier molecular flexibility index (Phi) is 7.53. The number of hydrogen-bond acceptors (Lipinski definition) is 5. The van der Waals surface area contributed by atoms with Crippen molar-refractivity contribution < 1.29 is 14.3 Å². The van der Waals surface area contributed by atoms with Crippen molar-refractivity contribution in [3.63, 3.8) is 0 Å². The van der Waals surface area contributed by atoms with Crippen molar-refractivity contribution in [3.05, 3.63) is 53.6 Å². The highest BCUT2D eigenvalue weighted by Crippen LogP contribution is 2.31. The molecule has 1 N–H and O–H groups in total. The first-order valence-corrected chi connectivity index (χ1v) is 11.8. The Labute approximate surface area is 191 Å². The number of carbonyl (C=O) groups excluding carboxylic acids is 1. The van der Waals surface area contributed by atoms with Crippen LogP contribution in [0.4, 0.5) is 5.69 Å². The van der Waals surface area contributed by atoms with Gasteiger partial charge in [0.2, 0.25) is 0 Å². The van der Waals surface area contributed by atoms with Gasteiger partial charge in [-0.1, -0.05) is 30.7 Å². The van der Waals surface area contributed by atoms with Crippen LogP contribution in [-0.2, 0) is 11.2 Å². The van der Waals surface area contributed by atoms with Crippen molar-refractivity contribution >= 4 is 11.6 Å². The summed E-state index contributed by atoms with van der Waals surface area (Å²) in [5.41, 5.74) is 4.06. The number of nitrogens with one attached hydrogen (secondary N) is 1. The molecular formula is C26H35N3O3. The molecule has 2 aliphatic rings. The number of aryl methyl sites for hydroxylation is 1. The maximum atomic E-state index is 12.6. The van der Waals surface area contributed by atoms with E-state index in [1.165, 1.54) is 42.5 Å². The average molecular weight is 438 g/mol. The van der Waals surface area contributed by atoms with Crippen LogP contribution in [0.15, 0.2) is 42.5 Å². The fraction of sp³-hybridized carbons (Fsp3) is 0.500. The third kappa shape index (κ3) is 5.36. The molecule has 4 rings (SSSR count). The number of hydrogen-bond donors (Lipinski definition) is 1. The fourth-order valence-corrected chi connectivity index (χ4v) is 4.84. The summed E-state index contributed by atoms with van der Waals surface area (Å²) in [5.74, 6) is 1.10. The number of likely N-dealkylation sites (tertiary alicyclic amines) is 1. The van der Waals surface area contributed by atoms with E-state index in [-0.39, 0.29) is 18.6 Å². The fourth-order valence-electron chi connectivity index (χ4n) is 4.84. The van der Waals surface area contributed by atoms with Gasteiger partial charge in [-0.05, 0) is 68.1 Å². The Hall–Kier alpha value is -2.73. The van der Waals surface area contributed by atoms with Crippen LogP contribution in [0.25, 0.3) is 0 Å². The third-order valence-corrected chi connectivity index (χ3v) is 6.59. The number of rotatable bonds is 8. The molecule has 172 valence electrons. The molecule has 1 unspecified atom stereocenters. The van der Waals surface area contributed by atoms with Gasteiger partial charge in [0.25, 0.3) is 5.91 Å². The minimum atomic E-state index is -0.115. The first-order valence-electron chi connectivity index (χ1n) is 11.8. The van der Waals surface area contributed by atoms with Gasteiger partial charge in [-0.2, -0.15) is 0 Å². The molecule has 6 heteroatoms. The second-order valence-electron chi connectivity index (χ2n) is 8.77. The molecule has 1 saturated heterocycles. The van der Waals surface area contributed by atoms with E-state index in [0.717, 1.165) is 26.1 Å². The maximum Gasteiger partial charge on any atom is 0.258 e. The van der Waals surface area contributed by atoms with Gasteiger partial charge in [0.15, 0.2) is 18.1 Å². The number of methoxy groups -OCH3 is 1. The van der Waals surface area contributed by atoms with Crippen LogP contribution in [0.1, 0.15) is 42.9 Å². The summed E-state index contributed by atoms with van der Waals surface area (Å²) in [7, 11) is 3.77. The summed E-state index contributed by atoms with van der Waals surface area (Å²) < 4.78 is 11.0. The Bertz CT molecular complexity index is 911. The summed E-state index contributed by atoms with van der Waals surface area (Å²) in [6.45, 7) is 3.83. The molecule has 2 aromatic carbocycles. The van der Waals surface area contributed by atoms with E-state index in [4.69, 9.17) is 9.47 Å². The van der Waals surface area contributed by atoms with E-state index < -0.39 is 0 Å². The predicted octanol–water partition coefficient (Wildman–Crippen LogP) is 3.80.